The summed E-state index contributed by atoms with van der Waals surface area (Å²) in [7, 11) is 1.61. The fourth-order valence-electron chi connectivity index (χ4n) is 1.80. The maximum absolute atomic E-state index is 12.0. The normalized spacial score (nSPS) is 17.9. The van der Waals surface area contributed by atoms with Crippen LogP contribution >= 0.6 is 12.4 Å². The predicted molar refractivity (Wildman–Crippen MR) is 70.8 cm³/mol. The third kappa shape index (κ3) is 4.12. The number of nitrogens with one attached hydrogen (secondary N) is 2. The minimum absolute atomic E-state index is 0. The second kappa shape index (κ2) is 7.56. The summed E-state index contributed by atoms with van der Waals surface area (Å²) in [4.78, 5) is 25.2. The zero-order valence-corrected chi connectivity index (χ0v) is 11.9. The number of carbonyl (C=O) groups is 2. The Morgan fingerprint density at radius 3 is 2.83 bits per heavy atom. The van der Waals surface area contributed by atoms with Crippen LogP contribution in [0.3, 0.4) is 0 Å². The van der Waals surface area contributed by atoms with Crippen LogP contribution in [0, 0.1) is 0 Å². The quantitative estimate of drug-likeness (QED) is 0.658. The molecule has 0 aromatic heterocycles. The molecular weight excluding hydrogens is 258 g/mol. The van der Waals surface area contributed by atoms with E-state index in [0.717, 1.165) is 0 Å². The van der Waals surface area contributed by atoms with Gasteiger partial charge in [-0.05, 0) is 13.8 Å². The van der Waals surface area contributed by atoms with Gasteiger partial charge >= 0.3 is 0 Å². The van der Waals surface area contributed by atoms with Gasteiger partial charge in [-0.25, -0.2) is 0 Å². The molecule has 0 spiro atoms. The lowest BCUT2D eigenvalue weighted by molar-refractivity contribution is -0.148. The van der Waals surface area contributed by atoms with Crippen molar-refractivity contribution in [2.24, 2.45) is 0 Å². The van der Waals surface area contributed by atoms with Crippen LogP contribution in [0.15, 0.2) is 0 Å². The number of hydrogen-bond acceptors (Lipinski definition) is 4. The summed E-state index contributed by atoms with van der Waals surface area (Å²) in [5, 5.41) is 5.75. The summed E-state index contributed by atoms with van der Waals surface area (Å²) in [5.74, 6) is -0.157. The molecule has 2 amide bonds. The first kappa shape index (κ1) is 17.2. The molecule has 0 aromatic rings. The maximum Gasteiger partial charge on any atom is 0.245 e. The van der Waals surface area contributed by atoms with E-state index in [1.165, 1.54) is 0 Å². The largest absolute Gasteiger partial charge is 0.383 e. The number of ether oxygens (including phenoxy) is 1. The summed E-state index contributed by atoms with van der Waals surface area (Å²) in [6.45, 7) is 6.03. The van der Waals surface area contributed by atoms with Gasteiger partial charge in [-0.3, -0.25) is 9.59 Å². The average molecular weight is 280 g/mol. The van der Waals surface area contributed by atoms with Crippen molar-refractivity contribution in [3.8, 4) is 0 Å². The van der Waals surface area contributed by atoms with Crippen molar-refractivity contribution < 1.29 is 14.3 Å². The molecule has 0 radical (unpaired) electrons. The van der Waals surface area contributed by atoms with Gasteiger partial charge in [0.05, 0.1) is 13.2 Å². The number of halogens is 1. The van der Waals surface area contributed by atoms with E-state index in [-0.39, 0.29) is 30.8 Å². The van der Waals surface area contributed by atoms with Crippen LogP contribution in [-0.2, 0) is 14.3 Å². The Hall–Kier alpha value is -0.850. The lowest BCUT2D eigenvalue weighted by atomic mass is 9.99. The Morgan fingerprint density at radius 1 is 1.56 bits per heavy atom. The summed E-state index contributed by atoms with van der Waals surface area (Å²) >= 11 is 0. The third-order valence-electron chi connectivity index (χ3n) is 2.91. The minimum atomic E-state index is -0.766. The number of amides is 2. The molecule has 0 aromatic carbocycles. The Kier molecular flexibility index (Phi) is 7.20. The Bertz CT molecular complexity index is 297. The first-order valence-electron chi connectivity index (χ1n) is 5.78. The number of carbonyl (C=O) groups excluding carboxylic acids is 2. The van der Waals surface area contributed by atoms with Gasteiger partial charge in [0.15, 0.2) is 0 Å². The first-order chi connectivity index (χ1) is 8.00. The highest BCUT2D eigenvalue weighted by atomic mass is 35.5. The lowest BCUT2D eigenvalue weighted by Gasteiger charge is -2.41. The van der Waals surface area contributed by atoms with E-state index in [0.29, 0.717) is 26.2 Å². The highest BCUT2D eigenvalue weighted by molar-refractivity contribution is 5.92. The molecule has 0 aliphatic carbocycles. The zero-order chi connectivity index (χ0) is 12.9. The van der Waals surface area contributed by atoms with Crippen LogP contribution in [0.25, 0.3) is 0 Å². The van der Waals surface area contributed by atoms with E-state index >= 15 is 0 Å². The molecule has 0 atom stereocenters. The molecule has 1 rings (SSSR count). The van der Waals surface area contributed by atoms with Gasteiger partial charge in [0, 0.05) is 26.7 Å². The fourth-order valence-corrected chi connectivity index (χ4v) is 1.80. The molecule has 0 unspecified atom stereocenters. The monoisotopic (exact) mass is 279 g/mol. The molecule has 1 fully saturated rings. The topological polar surface area (TPSA) is 70.7 Å². The number of nitrogens with zero attached hydrogens (tertiary/aromatic N) is 1. The molecule has 2 N–H and O–H groups in total. The molecule has 0 bridgehead atoms. The summed E-state index contributed by atoms with van der Waals surface area (Å²) in [6, 6.07) is 0. The van der Waals surface area contributed by atoms with Crippen LogP contribution in [0.1, 0.15) is 13.8 Å². The van der Waals surface area contributed by atoms with E-state index in [1.54, 1.807) is 25.9 Å². The van der Waals surface area contributed by atoms with Gasteiger partial charge < -0.3 is 20.3 Å². The van der Waals surface area contributed by atoms with Crippen molar-refractivity contribution >= 4 is 24.2 Å². The first-order valence-corrected chi connectivity index (χ1v) is 5.78. The van der Waals surface area contributed by atoms with Gasteiger partial charge in [0.25, 0.3) is 0 Å². The SMILES string of the molecule is COCCNCC(=O)N1CCNC(=O)C1(C)C.Cl. The van der Waals surface area contributed by atoms with Gasteiger partial charge in [-0.15, -0.1) is 12.4 Å². The van der Waals surface area contributed by atoms with Crippen molar-refractivity contribution in [2.75, 3.05) is 39.9 Å². The van der Waals surface area contributed by atoms with E-state index < -0.39 is 5.54 Å². The fraction of sp³-hybridized carbons (Fsp3) is 0.818. The van der Waals surface area contributed by atoms with Crippen molar-refractivity contribution in [1.82, 2.24) is 15.5 Å². The van der Waals surface area contributed by atoms with Gasteiger partial charge in [-0.2, -0.15) is 0 Å². The second-order valence-corrected chi connectivity index (χ2v) is 4.53. The van der Waals surface area contributed by atoms with Crippen LogP contribution in [0.5, 0.6) is 0 Å². The van der Waals surface area contributed by atoms with Crippen LogP contribution in [0.2, 0.25) is 0 Å². The molecule has 1 saturated heterocycles. The molecule has 0 saturated carbocycles. The van der Waals surface area contributed by atoms with Gasteiger partial charge in [0.2, 0.25) is 11.8 Å². The molecule has 1 aliphatic rings. The van der Waals surface area contributed by atoms with Crippen molar-refractivity contribution in [1.29, 1.82) is 0 Å². The minimum Gasteiger partial charge on any atom is -0.383 e. The molecule has 1 heterocycles. The smallest absolute Gasteiger partial charge is 0.245 e. The molecule has 1 aliphatic heterocycles. The second-order valence-electron chi connectivity index (χ2n) is 4.53. The van der Waals surface area contributed by atoms with Crippen LogP contribution in [0.4, 0.5) is 0 Å². The molecule has 106 valence electrons. The van der Waals surface area contributed by atoms with Crippen molar-refractivity contribution in [3.63, 3.8) is 0 Å². The Balaban J connectivity index is 0.00000289. The Labute approximate surface area is 114 Å². The summed E-state index contributed by atoms with van der Waals surface area (Å²) in [5.41, 5.74) is -0.766. The number of methoxy groups -OCH3 is 1. The summed E-state index contributed by atoms with van der Waals surface area (Å²) in [6.07, 6.45) is 0. The lowest BCUT2D eigenvalue weighted by Crippen LogP contribution is -2.64. The van der Waals surface area contributed by atoms with E-state index in [9.17, 15) is 9.59 Å². The number of hydrogen-bond donors (Lipinski definition) is 2. The molecular formula is C11H22ClN3O3. The molecule has 18 heavy (non-hydrogen) atoms. The van der Waals surface area contributed by atoms with Crippen LogP contribution < -0.4 is 10.6 Å². The highest BCUT2D eigenvalue weighted by Gasteiger charge is 2.39. The standard InChI is InChI=1S/C11H21N3O3.ClH/c1-11(2)10(16)13-4-6-14(11)9(15)8-12-5-7-17-3;/h12H,4-8H2,1-3H3,(H,13,16);1H. The van der Waals surface area contributed by atoms with Gasteiger partial charge in [0.1, 0.15) is 5.54 Å². The number of piperazine rings is 1. The average Bonchev–Trinajstić information content (AvgIpc) is 2.28. The Morgan fingerprint density at radius 2 is 2.22 bits per heavy atom. The molecule has 6 nitrogen and oxygen atoms in total. The van der Waals surface area contributed by atoms with Crippen molar-refractivity contribution in [2.45, 2.75) is 19.4 Å². The van der Waals surface area contributed by atoms with Gasteiger partial charge in [-0.1, -0.05) is 0 Å². The van der Waals surface area contributed by atoms with E-state index in [2.05, 4.69) is 10.6 Å². The van der Waals surface area contributed by atoms with E-state index in [1.807, 2.05) is 0 Å². The van der Waals surface area contributed by atoms with Crippen molar-refractivity contribution in [3.05, 3.63) is 0 Å². The zero-order valence-electron chi connectivity index (χ0n) is 11.1. The maximum atomic E-state index is 12.0. The van der Waals surface area contributed by atoms with Crippen LogP contribution in [-0.4, -0.2) is 62.1 Å². The number of rotatable bonds is 5. The molecule has 7 heteroatoms. The highest BCUT2D eigenvalue weighted by Crippen LogP contribution is 2.17. The third-order valence-corrected chi connectivity index (χ3v) is 2.91. The predicted octanol–water partition coefficient (Wildman–Crippen LogP) is -0.619. The van der Waals surface area contributed by atoms with E-state index in [4.69, 9.17) is 4.74 Å². The summed E-state index contributed by atoms with van der Waals surface area (Å²) < 4.78 is 4.88.